The molecule has 136 valence electrons. The molecule has 1 heterocycles. The average molecular weight is 437 g/mol. The van der Waals surface area contributed by atoms with Gasteiger partial charge in [-0.15, -0.1) is 0 Å². The summed E-state index contributed by atoms with van der Waals surface area (Å²) in [4.78, 5) is 16.5. The number of ether oxygens (including phenoxy) is 1. The Hall–Kier alpha value is -2.19. The van der Waals surface area contributed by atoms with Gasteiger partial charge in [0.25, 0.3) is 0 Å². The third kappa shape index (κ3) is 3.96. The van der Waals surface area contributed by atoms with Crippen LogP contribution in [0, 0.1) is 0 Å². The van der Waals surface area contributed by atoms with Gasteiger partial charge in [-0.2, -0.15) is 0 Å². The molecule has 1 aromatic heterocycles. The number of nitrogens with zero attached hydrogens (tertiary/aromatic N) is 2. The molecule has 8 heteroatoms. The second-order valence-corrected chi connectivity index (χ2v) is 8.73. The van der Waals surface area contributed by atoms with Crippen LogP contribution in [0.4, 0.5) is 0 Å². The van der Waals surface area contributed by atoms with Crippen molar-refractivity contribution in [1.29, 1.82) is 0 Å². The molecule has 0 radical (unpaired) electrons. The van der Waals surface area contributed by atoms with E-state index in [1.54, 1.807) is 28.8 Å². The van der Waals surface area contributed by atoms with Gasteiger partial charge in [0, 0.05) is 10.9 Å². The molecule has 0 saturated heterocycles. The summed E-state index contributed by atoms with van der Waals surface area (Å²) in [5.74, 6) is 0.0292. The SMILES string of the molecule is COC(=O)Cn1c(CCS(=O)(=O)c2ccc(Br)cc2)nc2ccccc21. The van der Waals surface area contributed by atoms with Crippen LogP contribution in [0.5, 0.6) is 0 Å². The van der Waals surface area contributed by atoms with E-state index in [9.17, 15) is 13.2 Å². The minimum Gasteiger partial charge on any atom is -0.468 e. The Bertz CT molecular complexity index is 1040. The van der Waals surface area contributed by atoms with E-state index in [4.69, 9.17) is 4.74 Å². The maximum atomic E-state index is 12.6. The van der Waals surface area contributed by atoms with E-state index >= 15 is 0 Å². The first-order chi connectivity index (χ1) is 12.4. The minimum absolute atomic E-state index is 0.00925. The Kier molecular flexibility index (Phi) is 5.43. The highest BCUT2D eigenvalue weighted by atomic mass is 79.9. The molecule has 0 fully saturated rings. The van der Waals surface area contributed by atoms with Gasteiger partial charge < -0.3 is 9.30 Å². The van der Waals surface area contributed by atoms with Crippen LogP contribution in [0.1, 0.15) is 5.82 Å². The lowest BCUT2D eigenvalue weighted by atomic mass is 10.3. The molecule has 0 unspecified atom stereocenters. The highest BCUT2D eigenvalue weighted by molar-refractivity contribution is 9.10. The predicted octanol–water partition coefficient (Wildman–Crippen LogP) is 2.99. The van der Waals surface area contributed by atoms with Gasteiger partial charge in [0.05, 0.1) is 28.8 Å². The number of carbonyl (C=O) groups is 1. The van der Waals surface area contributed by atoms with Crippen LogP contribution >= 0.6 is 15.9 Å². The summed E-state index contributed by atoms with van der Waals surface area (Å²) in [6.45, 7) is -0.00925. The molecule has 26 heavy (non-hydrogen) atoms. The Balaban J connectivity index is 1.89. The molecule has 6 nitrogen and oxygen atoms in total. The zero-order valence-corrected chi connectivity index (χ0v) is 16.5. The number of imidazole rings is 1. The largest absolute Gasteiger partial charge is 0.468 e. The fourth-order valence-electron chi connectivity index (χ4n) is 2.67. The molecule has 0 N–H and O–H groups in total. The smallest absolute Gasteiger partial charge is 0.325 e. The lowest BCUT2D eigenvalue weighted by Gasteiger charge is -2.08. The fraction of sp³-hybridized carbons (Fsp3) is 0.222. The standard InChI is InChI=1S/C18H17BrN2O4S/c1-25-18(22)12-21-16-5-3-2-4-15(16)20-17(21)10-11-26(23,24)14-8-6-13(19)7-9-14/h2-9H,10-12H2,1H3. The van der Waals surface area contributed by atoms with Gasteiger partial charge in [0.1, 0.15) is 12.4 Å². The predicted molar refractivity (Wildman–Crippen MR) is 102 cm³/mol. The molecule has 0 amide bonds. The molecule has 0 aliphatic carbocycles. The topological polar surface area (TPSA) is 78.3 Å². The third-order valence-corrected chi connectivity index (χ3v) is 6.28. The Morgan fingerprint density at radius 2 is 1.85 bits per heavy atom. The van der Waals surface area contributed by atoms with Crippen LogP contribution in [0.15, 0.2) is 57.9 Å². The van der Waals surface area contributed by atoms with Crippen LogP contribution in [0.25, 0.3) is 11.0 Å². The number of carbonyl (C=O) groups excluding carboxylic acids is 1. The average Bonchev–Trinajstić information content (AvgIpc) is 2.98. The number of benzene rings is 2. The first-order valence-corrected chi connectivity index (χ1v) is 10.3. The van der Waals surface area contributed by atoms with Gasteiger partial charge in [-0.25, -0.2) is 13.4 Å². The van der Waals surface area contributed by atoms with Gasteiger partial charge >= 0.3 is 5.97 Å². The summed E-state index contributed by atoms with van der Waals surface area (Å²) in [6.07, 6.45) is 0.198. The number of aryl methyl sites for hydroxylation is 1. The fourth-order valence-corrected chi connectivity index (χ4v) is 4.17. The van der Waals surface area contributed by atoms with Crippen molar-refractivity contribution in [2.75, 3.05) is 12.9 Å². The molecule has 0 spiro atoms. The number of hydrogen-bond donors (Lipinski definition) is 0. The molecule has 0 bridgehead atoms. The maximum Gasteiger partial charge on any atom is 0.325 e. The van der Waals surface area contributed by atoms with Crippen molar-refractivity contribution in [1.82, 2.24) is 9.55 Å². The summed E-state index contributed by atoms with van der Waals surface area (Å²) < 4.78 is 32.4. The first kappa shape index (κ1) is 18.6. The van der Waals surface area contributed by atoms with Crippen molar-refractivity contribution in [3.8, 4) is 0 Å². The van der Waals surface area contributed by atoms with E-state index in [2.05, 4.69) is 20.9 Å². The highest BCUT2D eigenvalue weighted by Crippen LogP contribution is 2.20. The van der Waals surface area contributed by atoms with E-state index < -0.39 is 15.8 Å². The molecular weight excluding hydrogens is 420 g/mol. The lowest BCUT2D eigenvalue weighted by molar-refractivity contribution is -0.141. The molecule has 0 aliphatic rings. The minimum atomic E-state index is -3.45. The van der Waals surface area contributed by atoms with E-state index in [0.717, 1.165) is 9.99 Å². The molecule has 0 atom stereocenters. The quantitative estimate of drug-likeness (QED) is 0.554. The molecular formula is C18H17BrN2O4S. The number of sulfone groups is 1. The molecule has 0 saturated carbocycles. The van der Waals surface area contributed by atoms with Crippen LogP contribution < -0.4 is 0 Å². The van der Waals surface area contributed by atoms with E-state index in [1.807, 2.05) is 24.3 Å². The van der Waals surface area contributed by atoms with Crippen molar-refractivity contribution < 1.29 is 17.9 Å². The van der Waals surface area contributed by atoms with Crippen LogP contribution in [-0.2, 0) is 32.3 Å². The van der Waals surface area contributed by atoms with Crippen molar-refractivity contribution in [2.45, 2.75) is 17.9 Å². The van der Waals surface area contributed by atoms with Crippen molar-refractivity contribution in [2.24, 2.45) is 0 Å². The summed E-state index contributed by atoms with van der Waals surface area (Å²) in [5, 5.41) is 0. The summed E-state index contributed by atoms with van der Waals surface area (Å²) in [6, 6.07) is 13.9. The maximum absolute atomic E-state index is 12.6. The van der Waals surface area contributed by atoms with Gasteiger partial charge in [0.2, 0.25) is 0 Å². The van der Waals surface area contributed by atoms with Crippen LogP contribution in [-0.4, -0.2) is 36.8 Å². The van der Waals surface area contributed by atoms with Gasteiger partial charge in [0.15, 0.2) is 9.84 Å². The van der Waals surface area contributed by atoms with Crippen LogP contribution in [0.2, 0.25) is 0 Å². The molecule has 0 aliphatic heterocycles. The lowest BCUT2D eigenvalue weighted by Crippen LogP contribution is -2.17. The first-order valence-electron chi connectivity index (χ1n) is 7.90. The van der Waals surface area contributed by atoms with Crippen molar-refractivity contribution in [3.05, 3.63) is 58.8 Å². The molecule has 3 aromatic rings. The number of rotatable bonds is 6. The van der Waals surface area contributed by atoms with E-state index in [0.29, 0.717) is 11.3 Å². The summed E-state index contributed by atoms with van der Waals surface area (Å²) in [7, 11) is -2.14. The zero-order chi connectivity index (χ0) is 18.7. The van der Waals surface area contributed by atoms with Crippen molar-refractivity contribution in [3.63, 3.8) is 0 Å². The normalized spacial score (nSPS) is 11.6. The summed E-state index contributed by atoms with van der Waals surface area (Å²) in [5.41, 5.74) is 1.49. The van der Waals surface area contributed by atoms with Crippen LogP contribution in [0.3, 0.4) is 0 Å². The number of para-hydroxylation sites is 2. The summed E-state index contributed by atoms with van der Waals surface area (Å²) >= 11 is 3.29. The van der Waals surface area contributed by atoms with Crippen molar-refractivity contribution >= 4 is 42.8 Å². The Morgan fingerprint density at radius 3 is 2.54 bits per heavy atom. The number of methoxy groups -OCH3 is 1. The zero-order valence-electron chi connectivity index (χ0n) is 14.1. The van der Waals surface area contributed by atoms with Gasteiger partial charge in [-0.3, -0.25) is 4.79 Å². The highest BCUT2D eigenvalue weighted by Gasteiger charge is 2.19. The monoisotopic (exact) mass is 436 g/mol. The number of halogens is 1. The Morgan fingerprint density at radius 1 is 1.15 bits per heavy atom. The number of esters is 1. The van der Waals surface area contributed by atoms with E-state index in [-0.39, 0.29) is 23.6 Å². The second kappa shape index (κ2) is 7.59. The Labute approximate surface area is 159 Å². The molecule has 2 aromatic carbocycles. The van der Waals surface area contributed by atoms with E-state index in [1.165, 1.54) is 7.11 Å². The molecule has 3 rings (SSSR count). The number of aromatic nitrogens is 2. The number of hydrogen-bond acceptors (Lipinski definition) is 5. The number of fused-ring (bicyclic) bond motifs is 1. The third-order valence-electron chi connectivity index (χ3n) is 4.02. The van der Waals surface area contributed by atoms with Gasteiger partial charge in [-0.1, -0.05) is 28.1 Å². The second-order valence-electron chi connectivity index (χ2n) is 5.70. The van der Waals surface area contributed by atoms with Gasteiger partial charge in [-0.05, 0) is 36.4 Å².